The highest BCUT2D eigenvalue weighted by atomic mass is 16.5. The first kappa shape index (κ1) is 16.3. The van der Waals surface area contributed by atoms with Gasteiger partial charge in [-0.25, -0.2) is 9.97 Å². The molecule has 1 N–H and O–H groups in total. The Morgan fingerprint density at radius 2 is 1.80 bits per heavy atom. The van der Waals surface area contributed by atoms with Crippen LogP contribution in [0.5, 0.6) is 17.4 Å². The first-order valence-corrected chi connectivity index (χ1v) is 7.43. The number of nitriles is 1. The molecule has 3 aromatic rings. The van der Waals surface area contributed by atoms with Crippen LogP contribution in [0.25, 0.3) is 11.0 Å². The van der Waals surface area contributed by atoms with E-state index in [1.807, 2.05) is 6.07 Å². The van der Waals surface area contributed by atoms with E-state index < -0.39 is 0 Å². The number of benzene rings is 2. The summed E-state index contributed by atoms with van der Waals surface area (Å²) in [4.78, 5) is 8.59. The van der Waals surface area contributed by atoms with Gasteiger partial charge in [-0.05, 0) is 24.3 Å². The lowest BCUT2D eigenvalue weighted by Crippen LogP contribution is -1.99. The third-order valence-corrected chi connectivity index (χ3v) is 3.68. The van der Waals surface area contributed by atoms with Crippen LogP contribution in [0.15, 0.2) is 36.5 Å². The zero-order valence-electron chi connectivity index (χ0n) is 14.0. The largest absolute Gasteiger partial charge is 0.493 e. The van der Waals surface area contributed by atoms with Gasteiger partial charge in [0.05, 0.1) is 38.7 Å². The van der Waals surface area contributed by atoms with Crippen LogP contribution >= 0.6 is 0 Å². The fourth-order valence-corrected chi connectivity index (χ4v) is 2.45. The van der Waals surface area contributed by atoms with Crippen molar-refractivity contribution < 1.29 is 14.2 Å². The van der Waals surface area contributed by atoms with E-state index in [2.05, 4.69) is 21.4 Å². The van der Waals surface area contributed by atoms with E-state index in [-0.39, 0.29) is 0 Å². The summed E-state index contributed by atoms with van der Waals surface area (Å²) < 4.78 is 15.6. The number of anilines is 2. The molecule has 0 bridgehead atoms. The normalized spacial score (nSPS) is 10.2. The van der Waals surface area contributed by atoms with Gasteiger partial charge in [0, 0.05) is 11.8 Å². The Kier molecular flexibility index (Phi) is 4.53. The average molecular weight is 336 g/mol. The van der Waals surface area contributed by atoms with E-state index in [4.69, 9.17) is 14.2 Å². The van der Waals surface area contributed by atoms with E-state index in [9.17, 15) is 5.26 Å². The summed E-state index contributed by atoms with van der Waals surface area (Å²) in [6.07, 6.45) is 1.52. The van der Waals surface area contributed by atoms with Gasteiger partial charge in [-0.1, -0.05) is 0 Å². The SMILES string of the molecule is COc1cnc2ccc(Nc3ccc(OC)c(OC)c3)c(C#N)c2n1. The van der Waals surface area contributed by atoms with Crippen molar-refractivity contribution in [3.8, 4) is 23.4 Å². The number of nitrogens with one attached hydrogen (secondary N) is 1. The summed E-state index contributed by atoms with van der Waals surface area (Å²) >= 11 is 0. The van der Waals surface area contributed by atoms with Gasteiger partial charge >= 0.3 is 0 Å². The molecule has 2 aromatic carbocycles. The van der Waals surface area contributed by atoms with E-state index in [0.717, 1.165) is 5.69 Å². The number of methoxy groups -OCH3 is 3. The topological polar surface area (TPSA) is 89.3 Å². The molecule has 7 heteroatoms. The highest BCUT2D eigenvalue weighted by Gasteiger charge is 2.12. The van der Waals surface area contributed by atoms with Crippen molar-refractivity contribution in [2.75, 3.05) is 26.6 Å². The number of nitrogens with zero attached hydrogens (tertiary/aromatic N) is 3. The van der Waals surface area contributed by atoms with E-state index in [1.54, 1.807) is 38.5 Å². The van der Waals surface area contributed by atoms with Gasteiger partial charge < -0.3 is 19.5 Å². The third-order valence-electron chi connectivity index (χ3n) is 3.68. The van der Waals surface area contributed by atoms with Crippen LogP contribution in [0.3, 0.4) is 0 Å². The molecule has 0 spiro atoms. The fraction of sp³-hybridized carbons (Fsp3) is 0.167. The predicted octanol–water partition coefficient (Wildman–Crippen LogP) is 3.27. The number of fused-ring (bicyclic) bond motifs is 1. The fourth-order valence-electron chi connectivity index (χ4n) is 2.45. The summed E-state index contributed by atoms with van der Waals surface area (Å²) in [5.41, 5.74) is 2.86. The summed E-state index contributed by atoms with van der Waals surface area (Å²) in [5, 5.41) is 12.8. The van der Waals surface area contributed by atoms with Crippen molar-refractivity contribution in [3.05, 3.63) is 42.1 Å². The zero-order chi connectivity index (χ0) is 17.8. The van der Waals surface area contributed by atoms with Gasteiger partial charge in [0.1, 0.15) is 17.1 Å². The zero-order valence-corrected chi connectivity index (χ0v) is 14.0. The lowest BCUT2D eigenvalue weighted by Gasteiger charge is -2.13. The summed E-state index contributed by atoms with van der Waals surface area (Å²) in [6, 6.07) is 11.2. The summed E-state index contributed by atoms with van der Waals surface area (Å²) in [5.74, 6) is 1.57. The maximum atomic E-state index is 9.60. The molecule has 0 atom stereocenters. The second-order valence-corrected chi connectivity index (χ2v) is 5.07. The summed E-state index contributed by atoms with van der Waals surface area (Å²) in [7, 11) is 4.65. The van der Waals surface area contributed by atoms with Crippen molar-refractivity contribution >= 4 is 22.4 Å². The Labute approximate surface area is 144 Å². The minimum atomic E-state index is 0.354. The minimum absolute atomic E-state index is 0.354. The first-order chi connectivity index (χ1) is 12.2. The van der Waals surface area contributed by atoms with Crippen LogP contribution < -0.4 is 19.5 Å². The van der Waals surface area contributed by atoms with Crippen molar-refractivity contribution in [3.63, 3.8) is 0 Å². The molecule has 0 saturated heterocycles. The van der Waals surface area contributed by atoms with Crippen LogP contribution in [-0.4, -0.2) is 31.3 Å². The number of hydrogen-bond donors (Lipinski definition) is 1. The van der Waals surface area contributed by atoms with Gasteiger partial charge in [-0.3, -0.25) is 0 Å². The Morgan fingerprint density at radius 3 is 2.48 bits per heavy atom. The number of rotatable bonds is 5. The maximum absolute atomic E-state index is 9.60. The molecule has 1 heterocycles. The molecule has 0 aliphatic heterocycles. The van der Waals surface area contributed by atoms with Gasteiger partial charge in [-0.2, -0.15) is 5.26 Å². The third kappa shape index (κ3) is 3.10. The average Bonchev–Trinajstić information content (AvgIpc) is 2.67. The van der Waals surface area contributed by atoms with Crippen LogP contribution in [0.2, 0.25) is 0 Å². The van der Waals surface area contributed by atoms with Gasteiger partial charge in [0.25, 0.3) is 0 Å². The molecule has 0 amide bonds. The number of aromatic nitrogens is 2. The second-order valence-electron chi connectivity index (χ2n) is 5.07. The molecule has 25 heavy (non-hydrogen) atoms. The molecular weight excluding hydrogens is 320 g/mol. The smallest absolute Gasteiger partial charge is 0.232 e. The van der Waals surface area contributed by atoms with Crippen molar-refractivity contribution in [1.29, 1.82) is 5.26 Å². The predicted molar refractivity (Wildman–Crippen MR) is 93.6 cm³/mol. The highest BCUT2D eigenvalue weighted by Crippen LogP contribution is 2.33. The van der Waals surface area contributed by atoms with Crippen molar-refractivity contribution in [1.82, 2.24) is 9.97 Å². The molecule has 0 unspecified atom stereocenters. The maximum Gasteiger partial charge on any atom is 0.232 e. The second kappa shape index (κ2) is 6.93. The highest BCUT2D eigenvalue weighted by molar-refractivity contribution is 5.88. The minimum Gasteiger partial charge on any atom is -0.493 e. The van der Waals surface area contributed by atoms with E-state index in [1.165, 1.54) is 13.3 Å². The van der Waals surface area contributed by atoms with Crippen LogP contribution in [0.1, 0.15) is 5.56 Å². The van der Waals surface area contributed by atoms with Gasteiger partial charge in [0.2, 0.25) is 5.88 Å². The van der Waals surface area contributed by atoms with Crippen molar-refractivity contribution in [2.24, 2.45) is 0 Å². The molecule has 1 aromatic heterocycles. The summed E-state index contributed by atoms with van der Waals surface area (Å²) in [6.45, 7) is 0. The van der Waals surface area contributed by atoms with Crippen LogP contribution in [-0.2, 0) is 0 Å². The van der Waals surface area contributed by atoms with E-state index in [0.29, 0.717) is 39.7 Å². The Hall–Kier alpha value is -3.53. The molecule has 0 fully saturated rings. The molecule has 7 nitrogen and oxygen atoms in total. The molecule has 0 aliphatic carbocycles. The lowest BCUT2D eigenvalue weighted by molar-refractivity contribution is 0.355. The van der Waals surface area contributed by atoms with Crippen molar-refractivity contribution in [2.45, 2.75) is 0 Å². The first-order valence-electron chi connectivity index (χ1n) is 7.43. The molecule has 126 valence electrons. The molecule has 3 rings (SSSR count). The lowest BCUT2D eigenvalue weighted by atomic mass is 10.1. The van der Waals surface area contributed by atoms with Gasteiger partial charge in [0.15, 0.2) is 11.5 Å². The van der Waals surface area contributed by atoms with Crippen LogP contribution in [0.4, 0.5) is 11.4 Å². The monoisotopic (exact) mass is 336 g/mol. The van der Waals surface area contributed by atoms with Gasteiger partial charge in [-0.15, -0.1) is 0 Å². The van der Waals surface area contributed by atoms with E-state index >= 15 is 0 Å². The standard InChI is InChI=1S/C18H16N4O3/c1-23-15-7-4-11(8-16(15)24-2)21-13-5-6-14-18(12(13)9-19)22-17(25-3)10-20-14/h4-8,10,21H,1-3H3. The molecule has 0 aliphatic rings. The molecule has 0 radical (unpaired) electrons. The molecule has 0 saturated carbocycles. The number of hydrogen-bond acceptors (Lipinski definition) is 7. The Balaban J connectivity index is 2.06. The van der Waals surface area contributed by atoms with Crippen LogP contribution in [0, 0.1) is 11.3 Å². The number of ether oxygens (including phenoxy) is 3. The Bertz CT molecular complexity index is 966. The quantitative estimate of drug-likeness (QED) is 0.764. The Morgan fingerprint density at radius 1 is 1.00 bits per heavy atom. The molecular formula is C18H16N4O3.